The van der Waals surface area contributed by atoms with E-state index in [4.69, 9.17) is 0 Å². The standard InChI is InChI=1S/C19H37NO4/c1-20(16-12-8-4-6-10-14-18(21)23-2)17-13-9-5-7-11-15-19(22)24-3/h4-17H2,1-3H3. The van der Waals surface area contributed by atoms with E-state index in [0.717, 1.165) is 38.8 Å². The van der Waals surface area contributed by atoms with Crippen LogP contribution in [0, 0.1) is 0 Å². The molecule has 0 atom stereocenters. The Hall–Kier alpha value is -1.10. The van der Waals surface area contributed by atoms with Crippen molar-refractivity contribution in [1.82, 2.24) is 4.90 Å². The number of nitrogens with zero attached hydrogens (tertiary/aromatic N) is 1. The highest BCUT2D eigenvalue weighted by Gasteiger charge is 2.02. The van der Waals surface area contributed by atoms with Gasteiger partial charge in [-0.2, -0.15) is 0 Å². The molecular formula is C19H37NO4. The van der Waals surface area contributed by atoms with Gasteiger partial charge >= 0.3 is 11.9 Å². The van der Waals surface area contributed by atoms with Gasteiger partial charge in [0.2, 0.25) is 0 Å². The Labute approximate surface area is 148 Å². The van der Waals surface area contributed by atoms with Crippen molar-refractivity contribution in [3.63, 3.8) is 0 Å². The second-order valence-corrected chi connectivity index (χ2v) is 6.49. The van der Waals surface area contributed by atoms with E-state index in [1.54, 1.807) is 0 Å². The van der Waals surface area contributed by atoms with Gasteiger partial charge in [-0.1, -0.05) is 38.5 Å². The van der Waals surface area contributed by atoms with Gasteiger partial charge in [0, 0.05) is 12.8 Å². The first-order valence-corrected chi connectivity index (χ1v) is 9.42. The van der Waals surface area contributed by atoms with Crippen molar-refractivity contribution >= 4 is 11.9 Å². The van der Waals surface area contributed by atoms with Crippen molar-refractivity contribution in [3.05, 3.63) is 0 Å². The molecule has 0 aliphatic rings. The van der Waals surface area contributed by atoms with Crippen LogP contribution in [0.25, 0.3) is 0 Å². The van der Waals surface area contributed by atoms with Gasteiger partial charge in [0.25, 0.3) is 0 Å². The second kappa shape index (κ2) is 16.7. The molecule has 0 spiro atoms. The number of carbonyl (C=O) groups excluding carboxylic acids is 2. The lowest BCUT2D eigenvalue weighted by molar-refractivity contribution is -0.141. The lowest BCUT2D eigenvalue weighted by Crippen LogP contribution is -2.20. The molecule has 0 aromatic carbocycles. The average Bonchev–Trinajstić information content (AvgIpc) is 2.59. The third kappa shape index (κ3) is 15.8. The molecule has 24 heavy (non-hydrogen) atoms. The summed E-state index contributed by atoms with van der Waals surface area (Å²) in [7, 11) is 5.08. The van der Waals surface area contributed by atoms with Gasteiger partial charge in [-0.05, 0) is 45.8 Å². The lowest BCUT2D eigenvalue weighted by atomic mass is 10.1. The van der Waals surface area contributed by atoms with Crippen molar-refractivity contribution in [3.8, 4) is 0 Å². The van der Waals surface area contributed by atoms with Crippen LogP contribution in [0.4, 0.5) is 0 Å². The summed E-state index contributed by atoms with van der Waals surface area (Å²) >= 11 is 0. The summed E-state index contributed by atoms with van der Waals surface area (Å²) in [4.78, 5) is 24.3. The largest absolute Gasteiger partial charge is 0.469 e. The SMILES string of the molecule is COC(=O)CCCCCCCN(C)CCCCCCCC(=O)OC. The van der Waals surface area contributed by atoms with Crippen LogP contribution in [-0.4, -0.2) is 51.2 Å². The van der Waals surface area contributed by atoms with Crippen molar-refractivity contribution < 1.29 is 19.1 Å². The number of hydrogen-bond acceptors (Lipinski definition) is 5. The summed E-state index contributed by atoms with van der Waals surface area (Å²) < 4.78 is 9.25. The fraction of sp³-hybridized carbons (Fsp3) is 0.895. The highest BCUT2D eigenvalue weighted by atomic mass is 16.5. The molecule has 0 unspecified atom stereocenters. The molecule has 0 N–H and O–H groups in total. The Bertz CT molecular complexity index is 290. The lowest BCUT2D eigenvalue weighted by Gasteiger charge is -2.16. The Morgan fingerprint density at radius 2 is 0.958 bits per heavy atom. The first-order valence-electron chi connectivity index (χ1n) is 9.42. The van der Waals surface area contributed by atoms with Crippen LogP contribution < -0.4 is 0 Å². The van der Waals surface area contributed by atoms with Crippen molar-refractivity contribution in [2.75, 3.05) is 34.4 Å². The summed E-state index contributed by atoms with van der Waals surface area (Å²) in [6.45, 7) is 2.30. The molecule has 0 amide bonds. The Balaban J connectivity index is 3.25. The van der Waals surface area contributed by atoms with E-state index in [0.29, 0.717) is 12.8 Å². The summed E-state index contributed by atoms with van der Waals surface area (Å²) in [5.74, 6) is -0.194. The predicted octanol–water partition coefficient (Wildman–Crippen LogP) is 3.95. The predicted molar refractivity (Wildman–Crippen MR) is 96.9 cm³/mol. The van der Waals surface area contributed by atoms with Crippen LogP contribution in [0.1, 0.15) is 77.0 Å². The quantitative estimate of drug-likeness (QED) is 0.314. The molecule has 0 heterocycles. The van der Waals surface area contributed by atoms with E-state index in [9.17, 15) is 9.59 Å². The number of hydrogen-bond donors (Lipinski definition) is 0. The molecule has 0 radical (unpaired) electrons. The maximum Gasteiger partial charge on any atom is 0.305 e. The fourth-order valence-corrected chi connectivity index (χ4v) is 2.68. The third-order valence-electron chi connectivity index (χ3n) is 4.30. The minimum absolute atomic E-state index is 0.0972. The normalized spacial score (nSPS) is 10.8. The summed E-state index contributed by atoms with van der Waals surface area (Å²) in [6.07, 6.45) is 12.5. The molecule has 0 saturated carbocycles. The number of methoxy groups -OCH3 is 2. The first kappa shape index (κ1) is 22.9. The highest BCUT2D eigenvalue weighted by Crippen LogP contribution is 2.08. The van der Waals surface area contributed by atoms with Gasteiger partial charge in [-0.25, -0.2) is 0 Å². The summed E-state index contributed by atoms with van der Waals surface area (Å²) in [6, 6.07) is 0. The number of rotatable bonds is 16. The molecule has 0 aromatic heterocycles. The van der Waals surface area contributed by atoms with E-state index in [-0.39, 0.29) is 11.9 Å². The molecule has 0 aliphatic carbocycles. The van der Waals surface area contributed by atoms with E-state index < -0.39 is 0 Å². The summed E-state index contributed by atoms with van der Waals surface area (Å²) in [5.41, 5.74) is 0. The van der Waals surface area contributed by atoms with E-state index in [1.807, 2.05) is 0 Å². The zero-order chi connectivity index (χ0) is 18.0. The van der Waals surface area contributed by atoms with Crippen molar-refractivity contribution in [1.29, 1.82) is 0 Å². The number of esters is 2. The van der Waals surface area contributed by atoms with Gasteiger partial charge in [-0.15, -0.1) is 0 Å². The minimum atomic E-state index is -0.0972. The monoisotopic (exact) mass is 343 g/mol. The molecule has 0 rings (SSSR count). The zero-order valence-corrected chi connectivity index (χ0v) is 16.0. The zero-order valence-electron chi connectivity index (χ0n) is 16.0. The molecule has 0 saturated heterocycles. The van der Waals surface area contributed by atoms with Gasteiger partial charge < -0.3 is 14.4 Å². The van der Waals surface area contributed by atoms with Crippen LogP contribution in [0.15, 0.2) is 0 Å². The number of carbonyl (C=O) groups is 2. The van der Waals surface area contributed by atoms with E-state index in [2.05, 4.69) is 21.4 Å². The Morgan fingerprint density at radius 3 is 1.33 bits per heavy atom. The number of unbranched alkanes of at least 4 members (excludes halogenated alkanes) is 8. The minimum Gasteiger partial charge on any atom is -0.469 e. The van der Waals surface area contributed by atoms with Crippen molar-refractivity contribution in [2.24, 2.45) is 0 Å². The summed E-state index contributed by atoms with van der Waals surface area (Å²) in [5, 5.41) is 0. The van der Waals surface area contributed by atoms with Crippen LogP contribution >= 0.6 is 0 Å². The van der Waals surface area contributed by atoms with Crippen LogP contribution in [-0.2, 0) is 19.1 Å². The molecule has 5 heteroatoms. The van der Waals surface area contributed by atoms with Crippen LogP contribution in [0.3, 0.4) is 0 Å². The molecule has 0 aromatic rings. The molecule has 0 aliphatic heterocycles. The molecule has 5 nitrogen and oxygen atoms in total. The highest BCUT2D eigenvalue weighted by molar-refractivity contribution is 5.69. The number of ether oxygens (including phenoxy) is 2. The smallest absolute Gasteiger partial charge is 0.305 e. The molecule has 0 fully saturated rings. The van der Waals surface area contributed by atoms with Crippen molar-refractivity contribution in [2.45, 2.75) is 77.0 Å². The third-order valence-corrected chi connectivity index (χ3v) is 4.30. The van der Waals surface area contributed by atoms with Gasteiger partial charge in [0.05, 0.1) is 14.2 Å². The molecular weight excluding hydrogens is 306 g/mol. The molecule has 142 valence electrons. The van der Waals surface area contributed by atoms with Gasteiger partial charge in [-0.3, -0.25) is 9.59 Å². The maximum absolute atomic E-state index is 11.0. The van der Waals surface area contributed by atoms with Gasteiger partial charge in [0.15, 0.2) is 0 Å². The maximum atomic E-state index is 11.0. The topological polar surface area (TPSA) is 55.8 Å². The van der Waals surface area contributed by atoms with Crippen LogP contribution in [0.5, 0.6) is 0 Å². The second-order valence-electron chi connectivity index (χ2n) is 6.49. The fourth-order valence-electron chi connectivity index (χ4n) is 2.68. The Morgan fingerprint density at radius 1 is 0.625 bits per heavy atom. The van der Waals surface area contributed by atoms with Gasteiger partial charge in [0.1, 0.15) is 0 Å². The average molecular weight is 344 g/mol. The first-order chi connectivity index (χ1) is 11.6. The van der Waals surface area contributed by atoms with E-state index >= 15 is 0 Å². The Kier molecular flexibility index (Phi) is 16.0. The van der Waals surface area contributed by atoms with E-state index in [1.165, 1.54) is 52.7 Å². The molecule has 0 bridgehead atoms. The van der Waals surface area contributed by atoms with Crippen LogP contribution in [0.2, 0.25) is 0 Å².